The number of ether oxygens (including phenoxy) is 6. The van der Waals surface area contributed by atoms with Gasteiger partial charge in [-0.05, 0) is 70.1 Å². The maximum absolute atomic E-state index is 13.8. The van der Waals surface area contributed by atoms with Crippen molar-refractivity contribution in [2.45, 2.75) is 117 Å². The molecule has 43 heavy (non-hydrogen) atoms. The first-order valence-electron chi connectivity index (χ1n) is 15.7. The second kappa shape index (κ2) is 12.1. The molecular formula is C32H54N2O9. The molecule has 11 nitrogen and oxygen atoms in total. The third kappa shape index (κ3) is 6.99. The summed E-state index contributed by atoms with van der Waals surface area (Å²) in [5, 5.41) is 6.16. The average molecular weight is 611 g/mol. The van der Waals surface area contributed by atoms with Gasteiger partial charge in [0.05, 0.1) is 40.0 Å². The lowest BCUT2D eigenvalue weighted by molar-refractivity contribution is -0.256. The Labute approximate surface area is 256 Å². The van der Waals surface area contributed by atoms with Crippen molar-refractivity contribution in [1.82, 2.24) is 10.6 Å². The molecular weight excluding hydrogens is 556 g/mol. The summed E-state index contributed by atoms with van der Waals surface area (Å²) in [6.45, 7) is 20.1. The SMILES string of the molecule is COC(=O)C[C@H](NC(=O)C[C@H](NC(=O)OC(C)(C)C)[C@H]1C[C@@H](C2(C)OCCO2)C1(C)C)[C@H]1C[C@@H](C2(C)OCCO2)C1(C)C. The molecule has 11 heteroatoms. The van der Waals surface area contributed by atoms with Gasteiger partial charge in [0.15, 0.2) is 11.6 Å². The molecule has 0 aromatic heterocycles. The smallest absolute Gasteiger partial charge is 0.407 e. The summed E-state index contributed by atoms with van der Waals surface area (Å²) < 4.78 is 34.5. The lowest BCUT2D eigenvalue weighted by Gasteiger charge is -2.59. The fourth-order valence-corrected chi connectivity index (χ4v) is 8.30. The molecule has 2 amide bonds. The minimum absolute atomic E-state index is 0.00331. The van der Waals surface area contributed by atoms with Gasteiger partial charge in [-0.25, -0.2) is 4.79 Å². The first-order chi connectivity index (χ1) is 19.8. The Kier molecular flexibility index (Phi) is 9.55. The number of carbonyl (C=O) groups is 3. The zero-order chi connectivity index (χ0) is 32.0. The predicted molar refractivity (Wildman–Crippen MR) is 158 cm³/mol. The van der Waals surface area contributed by atoms with Gasteiger partial charge in [0.2, 0.25) is 5.91 Å². The van der Waals surface area contributed by atoms with E-state index in [-0.39, 0.29) is 59.2 Å². The molecule has 0 radical (unpaired) electrons. The molecule has 6 atom stereocenters. The van der Waals surface area contributed by atoms with Gasteiger partial charge in [-0.3, -0.25) is 9.59 Å². The zero-order valence-electron chi connectivity index (χ0n) is 27.8. The van der Waals surface area contributed by atoms with Gasteiger partial charge in [0.1, 0.15) is 5.60 Å². The van der Waals surface area contributed by atoms with Crippen molar-refractivity contribution in [3.63, 3.8) is 0 Å². The van der Waals surface area contributed by atoms with E-state index >= 15 is 0 Å². The molecule has 0 aromatic carbocycles. The number of nitrogens with one attached hydrogen (secondary N) is 2. The second-order valence-electron chi connectivity index (χ2n) is 15.3. The average Bonchev–Trinajstić information content (AvgIpc) is 3.50. The molecule has 4 rings (SSSR count). The molecule has 2 aliphatic heterocycles. The van der Waals surface area contributed by atoms with Crippen LogP contribution in [0.4, 0.5) is 4.79 Å². The summed E-state index contributed by atoms with van der Waals surface area (Å²) in [6.07, 6.45) is 0.981. The van der Waals surface area contributed by atoms with E-state index in [4.69, 9.17) is 28.4 Å². The monoisotopic (exact) mass is 610 g/mol. The lowest BCUT2D eigenvalue weighted by atomic mass is 9.49. The molecule has 0 spiro atoms. The van der Waals surface area contributed by atoms with Gasteiger partial charge in [0.25, 0.3) is 0 Å². The Morgan fingerprint density at radius 3 is 1.53 bits per heavy atom. The number of rotatable bonds is 10. The van der Waals surface area contributed by atoms with E-state index in [0.717, 1.165) is 12.8 Å². The lowest BCUT2D eigenvalue weighted by Crippen LogP contribution is -2.64. The fraction of sp³-hybridized carbons (Fsp3) is 0.906. The Hall–Kier alpha value is -1.95. The highest BCUT2D eigenvalue weighted by atomic mass is 16.7. The third-order valence-corrected chi connectivity index (χ3v) is 10.7. The topological polar surface area (TPSA) is 131 Å². The second-order valence-corrected chi connectivity index (χ2v) is 15.3. The molecule has 2 heterocycles. The molecule has 4 fully saturated rings. The predicted octanol–water partition coefficient (Wildman–Crippen LogP) is 4.17. The van der Waals surface area contributed by atoms with E-state index in [1.54, 1.807) is 20.8 Å². The highest BCUT2D eigenvalue weighted by Gasteiger charge is 2.62. The van der Waals surface area contributed by atoms with Crippen LogP contribution in [0, 0.1) is 34.5 Å². The Morgan fingerprint density at radius 2 is 1.16 bits per heavy atom. The highest BCUT2D eigenvalue weighted by molar-refractivity contribution is 5.79. The molecule has 0 aromatic rings. The minimum atomic E-state index is -0.694. The van der Waals surface area contributed by atoms with Crippen LogP contribution in [0.1, 0.15) is 88.0 Å². The van der Waals surface area contributed by atoms with E-state index in [1.807, 2.05) is 13.8 Å². The summed E-state index contributed by atoms with van der Waals surface area (Å²) in [5.41, 5.74) is -1.24. The normalized spacial score (nSPS) is 31.6. The van der Waals surface area contributed by atoms with Crippen LogP contribution in [0.3, 0.4) is 0 Å². The number of alkyl carbamates (subject to hydrolysis) is 1. The first kappa shape index (κ1) is 33.9. The van der Waals surface area contributed by atoms with E-state index in [2.05, 4.69) is 38.3 Å². The molecule has 0 unspecified atom stereocenters. The van der Waals surface area contributed by atoms with Crippen LogP contribution in [-0.4, -0.2) is 80.8 Å². The maximum Gasteiger partial charge on any atom is 0.407 e. The molecule has 246 valence electrons. The highest BCUT2D eigenvalue weighted by Crippen LogP contribution is 2.60. The first-order valence-corrected chi connectivity index (χ1v) is 15.7. The summed E-state index contributed by atoms with van der Waals surface area (Å²) in [4.78, 5) is 39.2. The number of esters is 1. The molecule has 2 saturated heterocycles. The van der Waals surface area contributed by atoms with Crippen molar-refractivity contribution in [2.75, 3.05) is 33.5 Å². The number of hydrogen-bond acceptors (Lipinski definition) is 9. The van der Waals surface area contributed by atoms with Gasteiger partial charge >= 0.3 is 12.1 Å². The van der Waals surface area contributed by atoms with Crippen molar-refractivity contribution >= 4 is 18.0 Å². The molecule has 0 bridgehead atoms. The van der Waals surface area contributed by atoms with Crippen molar-refractivity contribution in [3.05, 3.63) is 0 Å². The standard InChI is InChI=1S/C32H54N2O9/c1-28(2,3)43-27(37)34-21(19-15-23(29(19,4)5)31(8)39-11-12-40-31)17-25(35)33-22(18-26(36)38-10)20-16-24(30(20,6)7)32(9)41-13-14-42-32/h19-24H,11-18H2,1-10H3,(H,33,35)(H,34,37)/t19-,20-,21+,22+,23-,24-/m1/s1. The Balaban J connectivity index is 1.49. The fourth-order valence-electron chi connectivity index (χ4n) is 8.30. The van der Waals surface area contributed by atoms with E-state index in [9.17, 15) is 14.4 Å². The van der Waals surface area contributed by atoms with Gasteiger partial charge in [-0.1, -0.05) is 27.7 Å². The van der Waals surface area contributed by atoms with E-state index in [1.165, 1.54) is 7.11 Å². The van der Waals surface area contributed by atoms with Crippen LogP contribution < -0.4 is 10.6 Å². The van der Waals surface area contributed by atoms with Crippen molar-refractivity contribution in [2.24, 2.45) is 34.5 Å². The molecule has 4 aliphatic rings. The van der Waals surface area contributed by atoms with Crippen LogP contribution in [0.5, 0.6) is 0 Å². The van der Waals surface area contributed by atoms with Gasteiger partial charge < -0.3 is 39.1 Å². The molecule has 2 saturated carbocycles. The number of amides is 2. The van der Waals surface area contributed by atoms with Crippen LogP contribution in [0.2, 0.25) is 0 Å². The zero-order valence-corrected chi connectivity index (χ0v) is 27.8. The quantitative estimate of drug-likeness (QED) is 0.350. The summed E-state index contributed by atoms with van der Waals surface area (Å²) in [7, 11) is 1.35. The van der Waals surface area contributed by atoms with E-state index in [0.29, 0.717) is 26.4 Å². The summed E-state index contributed by atoms with van der Waals surface area (Å²) >= 11 is 0. The number of carbonyl (C=O) groups excluding carboxylic acids is 3. The summed E-state index contributed by atoms with van der Waals surface area (Å²) in [5.74, 6) is -1.82. The Bertz CT molecular complexity index is 1040. The molecule has 2 aliphatic carbocycles. The van der Waals surface area contributed by atoms with Crippen molar-refractivity contribution < 1.29 is 42.8 Å². The van der Waals surface area contributed by atoms with Crippen LogP contribution in [0.25, 0.3) is 0 Å². The van der Waals surface area contributed by atoms with Crippen molar-refractivity contribution in [1.29, 1.82) is 0 Å². The van der Waals surface area contributed by atoms with Gasteiger partial charge in [-0.15, -0.1) is 0 Å². The van der Waals surface area contributed by atoms with Crippen LogP contribution in [-0.2, 0) is 38.0 Å². The summed E-state index contributed by atoms with van der Waals surface area (Å²) in [6, 6.07) is -0.939. The minimum Gasteiger partial charge on any atom is -0.469 e. The third-order valence-electron chi connectivity index (χ3n) is 10.7. The number of methoxy groups -OCH3 is 1. The van der Waals surface area contributed by atoms with Crippen LogP contribution >= 0.6 is 0 Å². The molecule has 2 N–H and O–H groups in total. The van der Waals surface area contributed by atoms with Gasteiger partial charge in [-0.2, -0.15) is 0 Å². The van der Waals surface area contributed by atoms with Crippen molar-refractivity contribution in [3.8, 4) is 0 Å². The van der Waals surface area contributed by atoms with Gasteiger partial charge in [0, 0.05) is 30.3 Å². The maximum atomic E-state index is 13.8. The van der Waals surface area contributed by atoms with Crippen LogP contribution in [0.15, 0.2) is 0 Å². The number of hydrogen-bond donors (Lipinski definition) is 2. The Morgan fingerprint density at radius 1 is 0.744 bits per heavy atom. The van der Waals surface area contributed by atoms with E-state index < -0.39 is 35.4 Å². The largest absolute Gasteiger partial charge is 0.469 e.